The smallest absolute Gasteiger partial charge is 0.271 e. The maximum atomic E-state index is 12.8. The number of anilines is 3. The maximum Gasteiger partial charge on any atom is 0.271 e. The topological polar surface area (TPSA) is 132 Å². The molecule has 0 saturated heterocycles. The Balaban J connectivity index is 1.83. The van der Waals surface area contributed by atoms with Crippen molar-refractivity contribution >= 4 is 34.6 Å². The van der Waals surface area contributed by atoms with Crippen molar-refractivity contribution < 1.29 is 24.0 Å². The van der Waals surface area contributed by atoms with E-state index in [9.17, 15) is 19.7 Å². The molecule has 10 nitrogen and oxygen atoms in total. The van der Waals surface area contributed by atoms with E-state index in [2.05, 4.69) is 16.0 Å². The van der Waals surface area contributed by atoms with Gasteiger partial charge in [0.2, 0.25) is 5.91 Å². The average Bonchev–Trinajstić information content (AvgIpc) is 2.87. The van der Waals surface area contributed by atoms with Crippen LogP contribution in [0.3, 0.4) is 0 Å². The van der Waals surface area contributed by atoms with Gasteiger partial charge < -0.3 is 25.4 Å². The molecule has 188 valence electrons. The van der Waals surface area contributed by atoms with Crippen molar-refractivity contribution in [2.24, 2.45) is 0 Å². The first kappa shape index (κ1) is 26.0. The van der Waals surface area contributed by atoms with E-state index in [4.69, 9.17) is 9.47 Å². The third-order valence-corrected chi connectivity index (χ3v) is 5.06. The van der Waals surface area contributed by atoms with E-state index in [1.807, 2.05) is 19.9 Å². The van der Waals surface area contributed by atoms with Crippen molar-refractivity contribution in [1.29, 1.82) is 0 Å². The summed E-state index contributed by atoms with van der Waals surface area (Å²) in [6.07, 6.45) is 0. The Morgan fingerprint density at radius 2 is 1.53 bits per heavy atom. The molecule has 0 spiro atoms. The van der Waals surface area contributed by atoms with E-state index in [0.29, 0.717) is 47.3 Å². The van der Waals surface area contributed by atoms with Crippen LogP contribution in [0.2, 0.25) is 0 Å². The zero-order chi connectivity index (χ0) is 26.1. The Hall–Kier alpha value is -4.60. The van der Waals surface area contributed by atoms with Crippen LogP contribution in [0.15, 0.2) is 66.7 Å². The molecule has 36 heavy (non-hydrogen) atoms. The molecule has 1 atom stereocenters. The molecule has 0 aliphatic carbocycles. The summed E-state index contributed by atoms with van der Waals surface area (Å²) in [4.78, 5) is 36.0. The fourth-order valence-corrected chi connectivity index (χ4v) is 3.35. The maximum absolute atomic E-state index is 12.8. The Labute approximate surface area is 208 Å². The number of nitrogens with zero attached hydrogens (tertiary/aromatic N) is 1. The number of nitrogens with one attached hydrogen (secondary N) is 3. The van der Waals surface area contributed by atoms with Gasteiger partial charge in [0, 0.05) is 35.5 Å². The van der Waals surface area contributed by atoms with Crippen LogP contribution in [0, 0.1) is 10.1 Å². The third-order valence-electron chi connectivity index (χ3n) is 5.06. The van der Waals surface area contributed by atoms with Gasteiger partial charge in [0.15, 0.2) is 0 Å². The van der Waals surface area contributed by atoms with Gasteiger partial charge in [0.05, 0.1) is 29.5 Å². The first-order chi connectivity index (χ1) is 17.3. The number of rotatable bonds is 11. The van der Waals surface area contributed by atoms with Crippen LogP contribution in [0.4, 0.5) is 22.7 Å². The molecule has 2 amide bonds. The molecule has 10 heteroatoms. The molecule has 3 N–H and O–H groups in total. The van der Waals surface area contributed by atoms with E-state index in [1.54, 1.807) is 49.4 Å². The van der Waals surface area contributed by atoms with Crippen molar-refractivity contribution in [2.45, 2.75) is 26.8 Å². The van der Waals surface area contributed by atoms with Crippen LogP contribution in [0.25, 0.3) is 0 Å². The summed E-state index contributed by atoms with van der Waals surface area (Å²) in [7, 11) is 0. The number of non-ortho nitro benzene ring substituents is 1. The summed E-state index contributed by atoms with van der Waals surface area (Å²) in [6.45, 7) is 5.99. The lowest BCUT2D eigenvalue weighted by atomic mass is 10.1. The highest BCUT2D eigenvalue weighted by molar-refractivity contribution is 6.05. The minimum Gasteiger partial charge on any atom is -0.492 e. The van der Waals surface area contributed by atoms with E-state index < -0.39 is 16.9 Å². The van der Waals surface area contributed by atoms with Gasteiger partial charge in [-0.05, 0) is 39.0 Å². The SMILES string of the molecule is CCOc1cc(NC(C)C(=O)Nc2cccc([N+](=O)[O-])c2)c(OCC)cc1NC(=O)c1ccccc1. The van der Waals surface area contributed by atoms with Gasteiger partial charge in [-0.3, -0.25) is 19.7 Å². The molecule has 0 saturated carbocycles. The number of nitro groups is 1. The van der Waals surface area contributed by atoms with Crippen LogP contribution >= 0.6 is 0 Å². The Bertz CT molecular complexity index is 1230. The molecular weight excluding hydrogens is 464 g/mol. The standard InChI is InChI=1S/C26H28N4O6/c1-4-35-23-16-22(29-26(32)18-10-7-6-8-11-18)24(36-5-2)15-21(23)27-17(3)25(31)28-19-12-9-13-20(14-19)30(33)34/h6-17,27H,4-5H2,1-3H3,(H,28,31)(H,29,32). The van der Waals surface area contributed by atoms with Crippen molar-refractivity contribution in [3.8, 4) is 11.5 Å². The van der Waals surface area contributed by atoms with E-state index in [1.165, 1.54) is 18.2 Å². The highest BCUT2D eigenvalue weighted by atomic mass is 16.6. The fourth-order valence-electron chi connectivity index (χ4n) is 3.35. The molecule has 1 unspecified atom stereocenters. The van der Waals surface area contributed by atoms with Gasteiger partial charge in [-0.1, -0.05) is 24.3 Å². The number of carbonyl (C=O) groups excluding carboxylic acids is 2. The first-order valence-corrected chi connectivity index (χ1v) is 11.4. The molecule has 0 radical (unpaired) electrons. The predicted octanol–water partition coefficient (Wildman–Crippen LogP) is 5.08. The molecule has 3 aromatic carbocycles. The predicted molar refractivity (Wildman–Crippen MR) is 138 cm³/mol. The monoisotopic (exact) mass is 492 g/mol. The van der Waals surface area contributed by atoms with Crippen molar-refractivity contribution in [1.82, 2.24) is 0 Å². The van der Waals surface area contributed by atoms with Gasteiger partial charge in [0.25, 0.3) is 11.6 Å². The summed E-state index contributed by atoms with van der Waals surface area (Å²) in [5.74, 6) is 0.111. The number of hydrogen-bond donors (Lipinski definition) is 3. The van der Waals surface area contributed by atoms with Crippen LogP contribution in [-0.4, -0.2) is 36.0 Å². The van der Waals surface area contributed by atoms with E-state index >= 15 is 0 Å². The Morgan fingerprint density at radius 3 is 2.17 bits per heavy atom. The molecule has 3 rings (SSSR count). The van der Waals surface area contributed by atoms with Crippen LogP contribution in [-0.2, 0) is 4.79 Å². The lowest BCUT2D eigenvalue weighted by molar-refractivity contribution is -0.384. The largest absolute Gasteiger partial charge is 0.492 e. The van der Waals surface area contributed by atoms with Gasteiger partial charge in [0.1, 0.15) is 17.5 Å². The van der Waals surface area contributed by atoms with Crippen molar-refractivity contribution in [3.63, 3.8) is 0 Å². The molecule has 0 fully saturated rings. The zero-order valence-corrected chi connectivity index (χ0v) is 20.2. The lowest BCUT2D eigenvalue weighted by Gasteiger charge is -2.21. The first-order valence-electron chi connectivity index (χ1n) is 11.4. The Kier molecular flexibility index (Phi) is 8.82. The van der Waals surface area contributed by atoms with Gasteiger partial charge >= 0.3 is 0 Å². The van der Waals surface area contributed by atoms with E-state index in [0.717, 1.165) is 0 Å². The number of amides is 2. The molecule has 0 aliphatic heterocycles. The second-order valence-corrected chi connectivity index (χ2v) is 7.69. The molecule has 0 bridgehead atoms. The van der Waals surface area contributed by atoms with Gasteiger partial charge in [-0.15, -0.1) is 0 Å². The molecule has 0 aromatic heterocycles. The number of hydrogen-bond acceptors (Lipinski definition) is 7. The third kappa shape index (κ3) is 6.72. The number of ether oxygens (including phenoxy) is 2. The van der Waals surface area contributed by atoms with Gasteiger partial charge in [-0.25, -0.2) is 0 Å². The number of carbonyl (C=O) groups is 2. The highest BCUT2D eigenvalue weighted by Gasteiger charge is 2.20. The zero-order valence-electron chi connectivity index (χ0n) is 20.2. The molecule has 3 aromatic rings. The summed E-state index contributed by atoms with van der Waals surface area (Å²) in [5.41, 5.74) is 1.59. The normalized spacial score (nSPS) is 11.2. The van der Waals surface area contributed by atoms with Crippen molar-refractivity contribution in [2.75, 3.05) is 29.2 Å². The molecule has 0 aliphatic rings. The summed E-state index contributed by atoms with van der Waals surface area (Å²) < 4.78 is 11.5. The summed E-state index contributed by atoms with van der Waals surface area (Å²) in [5, 5.41) is 19.6. The van der Waals surface area contributed by atoms with Crippen LogP contribution < -0.4 is 25.4 Å². The van der Waals surface area contributed by atoms with Crippen LogP contribution in [0.1, 0.15) is 31.1 Å². The number of benzene rings is 3. The summed E-state index contributed by atoms with van der Waals surface area (Å²) >= 11 is 0. The quantitative estimate of drug-likeness (QED) is 0.251. The van der Waals surface area contributed by atoms with E-state index in [-0.39, 0.29) is 11.6 Å². The molecule has 0 heterocycles. The molecular formula is C26H28N4O6. The van der Waals surface area contributed by atoms with Crippen molar-refractivity contribution in [3.05, 3.63) is 82.4 Å². The highest BCUT2D eigenvalue weighted by Crippen LogP contribution is 2.37. The summed E-state index contributed by atoms with van der Waals surface area (Å²) in [6, 6.07) is 17.1. The average molecular weight is 493 g/mol. The van der Waals surface area contributed by atoms with Gasteiger partial charge in [-0.2, -0.15) is 0 Å². The second kappa shape index (κ2) is 12.2. The Morgan fingerprint density at radius 1 is 0.889 bits per heavy atom. The lowest BCUT2D eigenvalue weighted by Crippen LogP contribution is -2.32. The number of nitro benzene ring substituents is 1. The fraction of sp³-hybridized carbons (Fsp3) is 0.231. The minimum absolute atomic E-state index is 0.124. The second-order valence-electron chi connectivity index (χ2n) is 7.69. The minimum atomic E-state index is -0.734. The van der Waals surface area contributed by atoms with Crippen LogP contribution in [0.5, 0.6) is 11.5 Å².